The van der Waals surface area contributed by atoms with E-state index in [9.17, 15) is 0 Å². The Morgan fingerprint density at radius 3 is 2.31 bits per heavy atom. The van der Waals surface area contributed by atoms with Gasteiger partial charge in [0.25, 0.3) is 0 Å². The van der Waals surface area contributed by atoms with E-state index in [-0.39, 0.29) is 5.60 Å². The van der Waals surface area contributed by atoms with E-state index in [1.807, 2.05) is 0 Å². The Bertz CT molecular complexity index is 119. The Labute approximate surface area is 82.5 Å². The zero-order valence-electron chi connectivity index (χ0n) is 9.72. The van der Waals surface area contributed by atoms with Crippen molar-refractivity contribution in [2.45, 2.75) is 59.5 Å². The fourth-order valence-electron chi connectivity index (χ4n) is 0.974. The molecule has 0 heterocycles. The summed E-state index contributed by atoms with van der Waals surface area (Å²) >= 11 is 0. The molecule has 0 aliphatic rings. The SMILES string of the molecule is CCCCC(C)(C)OOCC(C)C. The number of rotatable bonds is 7. The topological polar surface area (TPSA) is 18.5 Å². The lowest BCUT2D eigenvalue weighted by Gasteiger charge is -2.23. The van der Waals surface area contributed by atoms with Crippen molar-refractivity contribution in [3.63, 3.8) is 0 Å². The van der Waals surface area contributed by atoms with Crippen molar-refractivity contribution in [3.8, 4) is 0 Å². The van der Waals surface area contributed by atoms with Gasteiger partial charge in [0, 0.05) is 0 Å². The summed E-state index contributed by atoms with van der Waals surface area (Å²) in [5.74, 6) is 0.530. The predicted molar refractivity (Wildman–Crippen MR) is 55.5 cm³/mol. The molecule has 0 saturated heterocycles. The summed E-state index contributed by atoms with van der Waals surface area (Å²) in [6.07, 6.45) is 3.45. The first-order chi connectivity index (χ1) is 5.98. The molecule has 0 aromatic rings. The minimum Gasteiger partial charge on any atom is -0.236 e. The fourth-order valence-corrected chi connectivity index (χ4v) is 0.974. The van der Waals surface area contributed by atoms with E-state index < -0.39 is 0 Å². The number of hydrogen-bond donors (Lipinski definition) is 0. The number of hydrogen-bond acceptors (Lipinski definition) is 2. The third-order valence-corrected chi connectivity index (χ3v) is 1.82. The molecule has 0 aromatic carbocycles. The van der Waals surface area contributed by atoms with Crippen molar-refractivity contribution in [3.05, 3.63) is 0 Å². The Morgan fingerprint density at radius 2 is 1.85 bits per heavy atom. The maximum atomic E-state index is 5.34. The van der Waals surface area contributed by atoms with Crippen LogP contribution in [0.5, 0.6) is 0 Å². The molecule has 80 valence electrons. The lowest BCUT2D eigenvalue weighted by Crippen LogP contribution is -2.25. The van der Waals surface area contributed by atoms with Gasteiger partial charge >= 0.3 is 0 Å². The highest BCUT2D eigenvalue weighted by Gasteiger charge is 2.18. The first-order valence-electron chi connectivity index (χ1n) is 5.28. The molecular formula is C11H24O2. The molecule has 0 radical (unpaired) electrons. The molecular weight excluding hydrogens is 164 g/mol. The fraction of sp³-hybridized carbons (Fsp3) is 1.00. The highest BCUT2D eigenvalue weighted by molar-refractivity contribution is 4.65. The van der Waals surface area contributed by atoms with E-state index >= 15 is 0 Å². The van der Waals surface area contributed by atoms with Gasteiger partial charge in [0.2, 0.25) is 0 Å². The van der Waals surface area contributed by atoms with Gasteiger partial charge in [-0.25, -0.2) is 9.78 Å². The van der Waals surface area contributed by atoms with Crippen molar-refractivity contribution in [1.82, 2.24) is 0 Å². The van der Waals surface area contributed by atoms with Crippen molar-refractivity contribution in [1.29, 1.82) is 0 Å². The second-order valence-electron chi connectivity index (χ2n) is 4.62. The second kappa shape index (κ2) is 6.39. The van der Waals surface area contributed by atoms with Gasteiger partial charge in [-0.05, 0) is 26.2 Å². The molecule has 0 bridgehead atoms. The molecule has 0 rings (SSSR count). The van der Waals surface area contributed by atoms with Crippen LogP contribution in [-0.2, 0) is 9.78 Å². The van der Waals surface area contributed by atoms with Gasteiger partial charge in [-0.3, -0.25) is 0 Å². The molecule has 2 nitrogen and oxygen atoms in total. The summed E-state index contributed by atoms with van der Waals surface area (Å²) in [6, 6.07) is 0. The second-order valence-corrected chi connectivity index (χ2v) is 4.62. The molecule has 0 aliphatic heterocycles. The summed E-state index contributed by atoms with van der Waals surface area (Å²) in [4.78, 5) is 10.5. The van der Waals surface area contributed by atoms with Crippen molar-refractivity contribution >= 4 is 0 Å². The van der Waals surface area contributed by atoms with Crippen LogP contribution in [0.3, 0.4) is 0 Å². The average molecular weight is 188 g/mol. The van der Waals surface area contributed by atoms with Crippen LogP contribution in [0.25, 0.3) is 0 Å². The maximum Gasteiger partial charge on any atom is 0.0980 e. The van der Waals surface area contributed by atoms with Gasteiger partial charge in [0.1, 0.15) is 0 Å². The van der Waals surface area contributed by atoms with Crippen LogP contribution in [0.4, 0.5) is 0 Å². The third-order valence-electron chi connectivity index (χ3n) is 1.82. The van der Waals surface area contributed by atoms with Crippen molar-refractivity contribution in [2.24, 2.45) is 5.92 Å². The first-order valence-corrected chi connectivity index (χ1v) is 5.28. The van der Waals surface area contributed by atoms with E-state index in [1.54, 1.807) is 0 Å². The summed E-state index contributed by atoms with van der Waals surface area (Å²) in [5, 5.41) is 0. The van der Waals surface area contributed by atoms with Crippen LogP contribution in [0.1, 0.15) is 53.9 Å². The standard InChI is InChI=1S/C11H24O2/c1-6-7-8-11(4,5)13-12-9-10(2)3/h10H,6-9H2,1-5H3. The minimum absolute atomic E-state index is 0.134. The van der Waals surface area contributed by atoms with Crippen molar-refractivity contribution in [2.75, 3.05) is 6.61 Å². The number of unbranched alkanes of at least 4 members (excludes halogenated alkanes) is 1. The molecule has 0 aliphatic carbocycles. The van der Waals surface area contributed by atoms with Gasteiger partial charge in [-0.15, -0.1) is 0 Å². The molecule has 0 atom stereocenters. The lowest BCUT2D eigenvalue weighted by molar-refractivity contribution is -0.358. The molecule has 0 spiro atoms. The highest BCUT2D eigenvalue weighted by Crippen LogP contribution is 2.18. The summed E-state index contributed by atoms with van der Waals surface area (Å²) in [7, 11) is 0. The quantitative estimate of drug-likeness (QED) is 0.449. The monoisotopic (exact) mass is 188 g/mol. The van der Waals surface area contributed by atoms with Crippen LogP contribution >= 0.6 is 0 Å². The van der Waals surface area contributed by atoms with Gasteiger partial charge < -0.3 is 0 Å². The van der Waals surface area contributed by atoms with Crippen LogP contribution < -0.4 is 0 Å². The first kappa shape index (κ1) is 12.9. The summed E-state index contributed by atoms with van der Waals surface area (Å²) in [6.45, 7) is 11.2. The maximum absolute atomic E-state index is 5.34. The van der Waals surface area contributed by atoms with Crippen LogP contribution in [0.2, 0.25) is 0 Å². The zero-order chi connectivity index (χ0) is 10.3. The molecule has 0 aromatic heterocycles. The Kier molecular flexibility index (Phi) is 6.35. The lowest BCUT2D eigenvalue weighted by atomic mass is 10.0. The van der Waals surface area contributed by atoms with E-state index in [0.717, 1.165) is 6.42 Å². The zero-order valence-corrected chi connectivity index (χ0v) is 9.72. The normalized spacial score (nSPS) is 12.5. The Balaban J connectivity index is 3.50. The van der Waals surface area contributed by atoms with E-state index in [0.29, 0.717) is 12.5 Å². The molecule has 13 heavy (non-hydrogen) atoms. The van der Waals surface area contributed by atoms with Crippen LogP contribution in [0, 0.1) is 5.92 Å². The van der Waals surface area contributed by atoms with Gasteiger partial charge in [0.15, 0.2) is 0 Å². The van der Waals surface area contributed by atoms with Gasteiger partial charge in [-0.1, -0.05) is 33.6 Å². The molecule has 0 N–H and O–H groups in total. The van der Waals surface area contributed by atoms with Gasteiger partial charge in [0.05, 0.1) is 12.2 Å². The molecule has 0 unspecified atom stereocenters. The van der Waals surface area contributed by atoms with Crippen LogP contribution in [0.15, 0.2) is 0 Å². The minimum atomic E-state index is -0.134. The average Bonchev–Trinajstić information content (AvgIpc) is 2.00. The molecule has 0 fully saturated rings. The van der Waals surface area contributed by atoms with Crippen molar-refractivity contribution < 1.29 is 9.78 Å². The molecule has 0 amide bonds. The highest BCUT2D eigenvalue weighted by atomic mass is 17.2. The summed E-state index contributed by atoms with van der Waals surface area (Å²) < 4.78 is 0. The largest absolute Gasteiger partial charge is 0.236 e. The Morgan fingerprint density at radius 1 is 1.23 bits per heavy atom. The van der Waals surface area contributed by atoms with E-state index in [2.05, 4.69) is 34.6 Å². The predicted octanol–water partition coefficient (Wildman–Crippen LogP) is 3.56. The van der Waals surface area contributed by atoms with Crippen LogP contribution in [-0.4, -0.2) is 12.2 Å². The summed E-state index contributed by atoms with van der Waals surface area (Å²) in [5.41, 5.74) is -0.134. The van der Waals surface area contributed by atoms with E-state index in [4.69, 9.17) is 9.78 Å². The smallest absolute Gasteiger partial charge is 0.0980 e. The Hall–Kier alpha value is -0.0800. The molecule has 0 saturated carbocycles. The van der Waals surface area contributed by atoms with E-state index in [1.165, 1.54) is 12.8 Å². The third kappa shape index (κ3) is 8.26. The van der Waals surface area contributed by atoms with Gasteiger partial charge in [-0.2, -0.15) is 0 Å². The molecule has 2 heteroatoms.